The van der Waals surface area contributed by atoms with Crippen LogP contribution in [0.25, 0.3) is 11.0 Å². The van der Waals surface area contributed by atoms with Crippen LogP contribution in [0.2, 0.25) is 0 Å². The van der Waals surface area contributed by atoms with Gasteiger partial charge in [-0.3, -0.25) is 4.79 Å². The van der Waals surface area contributed by atoms with Crippen LogP contribution in [0.5, 0.6) is 11.5 Å². The molecular weight excluding hydrogens is 397 g/mol. The highest BCUT2D eigenvalue weighted by atomic mass is 19.1. The van der Waals surface area contributed by atoms with Gasteiger partial charge in [-0.15, -0.1) is 0 Å². The van der Waals surface area contributed by atoms with E-state index in [9.17, 15) is 9.18 Å². The van der Waals surface area contributed by atoms with Crippen LogP contribution in [0.1, 0.15) is 43.5 Å². The molecule has 0 spiro atoms. The molecule has 162 valence electrons. The van der Waals surface area contributed by atoms with Crippen LogP contribution >= 0.6 is 0 Å². The molecule has 2 heterocycles. The Morgan fingerprint density at radius 1 is 1.13 bits per heavy atom. The summed E-state index contributed by atoms with van der Waals surface area (Å²) >= 11 is 0. The Bertz CT molecular complexity index is 1130. The fraction of sp³-hybridized carbons (Fsp3) is 0.417. The molecule has 0 atom stereocenters. The molecule has 6 nitrogen and oxygen atoms in total. The Morgan fingerprint density at radius 3 is 2.77 bits per heavy atom. The van der Waals surface area contributed by atoms with Gasteiger partial charge in [-0.05, 0) is 42.7 Å². The first-order valence-electron chi connectivity index (χ1n) is 10.9. The van der Waals surface area contributed by atoms with E-state index >= 15 is 0 Å². The number of carbonyl (C=O) groups is 1. The van der Waals surface area contributed by atoms with E-state index in [-0.39, 0.29) is 18.5 Å². The molecule has 2 aromatic carbocycles. The van der Waals surface area contributed by atoms with Crippen LogP contribution in [-0.4, -0.2) is 28.8 Å². The monoisotopic (exact) mass is 423 g/mol. The van der Waals surface area contributed by atoms with E-state index in [1.54, 1.807) is 6.07 Å². The van der Waals surface area contributed by atoms with Crippen LogP contribution in [0.3, 0.4) is 0 Å². The van der Waals surface area contributed by atoms with Crippen LogP contribution in [0, 0.1) is 5.82 Å². The average Bonchev–Trinajstić information content (AvgIpc) is 3.37. The van der Waals surface area contributed by atoms with Crippen molar-refractivity contribution in [2.45, 2.75) is 43.9 Å². The lowest BCUT2D eigenvalue weighted by atomic mass is 9.68. The number of halogens is 1. The van der Waals surface area contributed by atoms with Gasteiger partial charge in [0.15, 0.2) is 11.5 Å². The zero-order chi connectivity index (χ0) is 21.4. The van der Waals surface area contributed by atoms with Crippen molar-refractivity contribution in [2.24, 2.45) is 7.05 Å². The van der Waals surface area contributed by atoms with E-state index in [0.29, 0.717) is 24.2 Å². The Balaban J connectivity index is 1.33. The number of aryl methyl sites for hydroxylation is 1. The molecule has 1 aromatic heterocycles. The number of hydrogen-bond acceptors (Lipinski definition) is 4. The minimum Gasteiger partial charge on any atom is -0.454 e. The minimum absolute atomic E-state index is 0.0517. The quantitative estimate of drug-likeness (QED) is 0.674. The normalized spacial score (nSPS) is 17.1. The second-order valence-corrected chi connectivity index (χ2v) is 8.44. The van der Waals surface area contributed by atoms with Crippen LogP contribution in [0.15, 0.2) is 36.4 Å². The summed E-state index contributed by atoms with van der Waals surface area (Å²) in [6.07, 6.45) is 5.43. The van der Waals surface area contributed by atoms with Gasteiger partial charge >= 0.3 is 0 Å². The molecule has 5 rings (SSSR count). The molecule has 0 bridgehead atoms. The molecular formula is C24H26FN3O3. The fourth-order valence-electron chi connectivity index (χ4n) is 4.90. The number of ether oxygens (including phenoxy) is 2. The van der Waals surface area contributed by atoms with Gasteiger partial charge < -0.3 is 19.4 Å². The summed E-state index contributed by atoms with van der Waals surface area (Å²) in [5, 5.41) is 3.15. The van der Waals surface area contributed by atoms with Crippen molar-refractivity contribution in [1.29, 1.82) is 0 Å². The molecule has 0 saturated heterocycles. The SMILES string of the molecule is Cn1c(CCNC(=O)C2(c3ccc4c(c3)OCO4)CCCCC2)nc2cc(F)ccc21. The van der Waals surface area contributed by atoms with Crippen molar-refractivity contribution in [3.63, 3.8) is 0 Å². The van der Waals surface area contributed by atoms with Crippen molar-refractivity contribution in [3.8, 4) is 11.5 Å². The topological polar surface area (TPSA) is 65.4 Å². The van der Waals surface area contributed by atoms with Crippen molar-refractivity contribution in [1.82, 2.24) is 14.9 Å². The van der Waals surface area contributed by atoms with Crippen molar-refractivity contribution >= 4 is 16.9 Å². The molecule has 0 unspecified atom stereocenters. The Morgan fingerprint density at radius 2 is 1.94 bits per heavy atom. The first-order valence-corrected chi connectivity index (χ1v) is 10.9. The average molecular weight is 423 g/mol. The fourth-order valence-corrected chi connectivity index (χ4v) is 4.90. The number of carbonyl (C=O) groups excluding carboxylic acids is 1. The largest absolute Gasteiger partial charge is 0.454 e. The second kappa shape index (κ2) is 7.87. The molecule has 7 heteroatoms. The number of rotatable bonds is 5. The molecule has 1 saturated carbocycles. The number of hydrogen-bond donors (Lipinski definition) is 1. The van der Waals surface area contributed by atoms with E-state index in [1.807, 2.05) is 29.8 Å². The number of nitrogens with one attached hydrogen (secondary N) is 1. The number of benzene rings is 2. The van der Waals surface area contributed by atoms with Crippen LogP contribution in [0.4, 0.5) is 4.39 Å². The Labute approximate surface area is 180 Å². The summed E-state index contributed by atoms with van der Waals surface area (Å²) in [6.45, 7) is 0.699. The highest BCUT2D eigenvalue weighted by Gasteiger charge is 2.41. The molecule has 1 fully saturated rings. The summed E-state index contributed by atoms with van der Waals surface area (Å²) in [5.41, 5.74) is 1.96. The lowest BCUT2D eigenvalue weighted by Gasteiger charge is -2.36. The number of amides is 1. The Kier molecular flexibility index (Phi) is 5.04. The van der Waals surface area contributed by atoms with Gasteiger partial charge in [-0.1, -0.05) is 25.3 Å². The minimum atomic E-state index is -0.547. The van der Waals surface area contributed by atoms with E-state index in [2.05, 4.69) is 10.3 Å². The maximum absolute atomic E-state index is 13.5. The van der Waals surface area contributed by atoms with Gasteiger partial charge in [0.05, 0.1) is 16.4 Å². The van der Waals surface area contributed by atoms with E-state index < -0.39 is 5.41 Å². The first-order chi connectivity index (χ1) is 15.1. The molecule has 2 aliphatic rings. The summed E-state index contributed by atoms with van der Waals surface area (Å²) in [7, 11) is 1.92. The molecule has 1 aliphatic heterocycles. The number of nitrogens with zero attached hydrogens (tertiary/aromatic N) is 2. The highest BCUT2D eigenvalue weighted by Crippen LogP contribution is 2.43. The van der Waals surface area contributed by atoms with Gasteiger partial charge in [0.25, 0.3) is 0 Å². The van der Waals surface area contributed by atoms with Gasteiger partial charge in [0.1, 0.15) is 11.6 Å². The molecule has 31 heavy (non-hydrogen) atoms. The third-order valence-electron chi connectivity index (χ3n) is 6.64. The van der Waals surface area contributed by atoms with E-state index in [1.165, 1.54) is 12.1 Å². The predicted octanol–water partition coefficient (Wildman–Crippen LogP) is 4.00. The molecule has 1 N–H and O–H groups in total. The number of fused-ring (bicyclic) bond motifs is 2. The smallest absolute Gasteiger partial charge is 0.231 e. The third kappa shape index (κ3) is 3.52. The Hall–Kier alpha value is -3.09. The van der Waals surface area contributed by atoms with Crippen LogP contribution < -0.4 is 14.8 Å². The molecule has 0 radical (unpaired) electrons. The first kappa shape index (κ1) is 19.8. The summed E-state index contributed by atoms with van der Waals surface area (Å²) in [6, 6.07) is 10.5. The van der Waals surface area contributed by atoms with E-state index in [0.717, 1.165) is 54.8 Å². The number of imidazole rings is 1. The predicted molar refractivity (Wildman–Crippen MR) is 115 cm³/mol. The van der Waals surface area contributed by atoms with Crippen molar-refractivity contribution in [2.75, 3.05) is 13.3 Å². The zero-order valence-electron chi connectivity index (χ0n) is 17.6. The van der Waals surface area contributed by atoms with Crippen molar-refractivity contribution in [3.05, 3.63) is 53.6 Å². The maximum atomic E-state index is 13.5. The van der Waals surface area contributed by atoms with Gasteiger partial charge in [0.2, 0.25) is 12.7 Å². The van der Waals surface area contributed by atoms with Gasteiger partial charge in [0, 0.05) is 26.1 Å². The standard InChI is InChI=1S/C24H26FN3O3/c1-28-19-7-6-17(25)14-18(19)27-22(28)9-12-26-23(29)24(10-3-2-4-11-24)16-5-8-20-21(13-16)31-15-30-20/h5-8,13-14H,2-4,9-12,15H2,1H3,(H,26,29). The lowest BCUT2D eigenvalue weighted by molar-refractivity contribution is -0.128. The molecule has 1 aliphatic carbocycles. The highest BCUT2D eigenvalue weighted by molar-refractivity contribution is 5.88. The third-order valence-corrected chi connectivity index (χ3v) is 6.64. The zero-order valence-corrected chi connectivity index (χ0v) is 17.6. The van der Waals surface area contributed by atoms with Crippen molar-refractivity contribution < 1.29 is 18.7 Å². The van der Waals surface area contributed by atoms with E-state index in [4.69, 9.17) is 9.47 Å². The van der Waals surface area contributed by atoms with Gasteiger partial charge in [-0.25, -0.2) is 9.37 Å². The molecule has 1 amide bonds. The van der Waals surface area contributed by atoms with Gasteiger partial charge in [-0.2, -0.15) is 0 Å². The number of aromatic nitrogens is 2. The molecule has 3 aromatic rings. The second-order valence-electron chi connectivity index (χ2n) is 8.44. The maximum Gasteiger partial charge on any atom is 0.231 e. The summed E-state index contributed by atoms with van der Waals surface area (Å²) < 4.78 is 26.4. The van der Waals surface area contributed by atoms with Crippen LogP contribution in [-0.2, 0) is 23.7 Å². The summed E-state index contributed by atoms with van der Waals surface area (Å²) in [5.74, 6) is 2.02. The summed E-state index contributed by atoms with van der Waals surface area (Å²) in [4.78, 5) is 18.0. The lowest BCUT2D eigenvalue weighted by Crippen LogP contribution is -2.46.